The fraction of sp³-hybridized carbons (Fsp3) is 0.688. The Hall–Kier alpha value is -1.93. The van der Waals surface area contributed by atoms with Crippen LogP contribution < -0.4 is 15.5 Å². The van der Waals surface area contributed by atoms with Crippen LogP contribution >= 0.6 is 0 Å². The van der Waals surface area contributed by atoms with Gasteiger partial charge in [-0.3, -0.25) is 4.79 Å². The summed E-state index contributed by atoms with van der Waals surface area (Å²) in [6.45, 7) is 3.97. The molecule has 8 heteroatoms. The van der Waals surface area contributed by atoms with Crippen LogP contribution in [0.3, 0.4) is 0 Å². The van der Waals surface area contributed by atoms with E-state index in [0.29, 0.717) is 45.1 Å². The molecule has 0 unspecified atom stereocenters. The monoisotopic (exact) mass is 334 g/mol. The van der Waals surface area contributed by atoms with Crippen molar-refractivity contribution in [2.45, 2.75) is 18.4 Å². The maximum absolute atomic E-state index is 12.8. The number of hydrogen-bond donors (Lipinski definition) is 1. The number of hydrogen-bond acceptors (Lipinski definition) is 7. The normalized spacial score (nSPS) is 20.8. The molecule has 0 bridgehead atoms. The van der Waals surface area contributed by atoms with E-state index in [-0.39, 0.29) is 5.91 Å². The molecule has 2 saturated heterocycles. The highest BCUT2D eigenvalue weighted by molar-refractivity contribution is 5.86. The van der Waals surface area contributed by atoms with E-state index in [1.807, 2.05) is 30.0 Å². The highest BCUT2D eigenvalue weighted by Gasteiger charge is 2.39. The third-order valence-electron chi connectivity index (χ3n) is 4.73. The molecule has 2 N–H and O–H groups in total. The van der Waals surface area contributed by atoms with Crippen molar-refractivity contribution in [2.75, 3.05) is 63.3 Å². The summed E-state index contributed by atoms with van der Waals surface area (Å²) >= 11 is 0. The van der Waals surface area contributed by atoms with Gasteiger partial charge in [0, 0.05) is 59.7 Å². The van der Waals surface area contributed by atoms with Crippen molar-refractivity contribution in [3.8, 4) is 0 Å². The van der Waals surface area contributed by atoms with Gasteiger partial charge in [-0.05, 0) is 18.9 Å². The molecule has 8 nitrogen and oxygen atoms in total. The lowest BCUT2D eigenvalue weighted by molar-refractivity contribution is -0.140. The van der Waals surface area contributed by atoms with E-state index in [1.165, 1.54) is 0 Å². The molecule has 1 amide bonds. The van der Waals surface area contributed by atoms with Crippen LogP contribution in [0.4, 0.5) is 11.8 Å². The summed E-state index contributed by atoms with van der Waals surface area (Å²) in [7, 11) is 3.84. The molecule has 1 aromatic heterocycles. The van der Waals surface area contributed by atoms with E-state index in [1.54, 1.807) is 6.20 Å². The van der Waals surface area contributed by atoms with Crippen LogP contribution in [-0.2, 0) is 9.53 Å². The Labute approximate surface area is 142 Å². The molecular formula is C16H26N6O2. The van der Waals surface area contributed by atoms with Gasteiger partial charge >= 0.3 is 0 Å². The number of amides is 1. The second kappa shape index (κ2) is 6.90. The van der Waals surface area contributed by atoms with Gasteiger partial charge in [0.1, 0.15) is 5.82 Å². The van der Waals surface area contributed by atoms with Crippen molar-refractivity contribution in [1.29, 1.82) is 0 Å². The molecule has 0 aromatic carbocycles. The molecular weight excluding hydrogens is 308 g/mol. The number of carbonyl (C=O) groups is 1. The molecule has 24 heavy (non-hydrogen) atoms. The van der Waals surface area contributed by atoms with E-state index in [9.17, 15) is 4.79 Å². The van der Waals surface area contributed by atoms with Gasteiger partial charge in [0.2, 0.25) is 11.9 Å². The van der Waals surface area contributed by atoms with Crippen molar-refractivity contribution in [3.05, 3.63) is 12.3 Å². The number of nitrogens with zero attached hydrogens (tertiary/aromatic N) is 5. The number of rotatable bonds is 3. The van der Waals surface area contributed by atoms with E-state index >= 15 is 0 Å². The highest BCUT2D eigenvalue weighted by Crippen LogP contribution is 2.22. The average Bonchev–Trinajstić information content (AvgIpc) is 2.62. The number of ether oxygens (including phenoxy) is 1. The zero-order chi connectivity index (χ0) is 17.2. The SMILES string of the molecule is CN(C)c1nccc(N2CCN(C(=O)C3(N)CCOCC3)CC2)n1. The Morgan fingerprint density at radius 3 is 2.54 bits per heavy atom. The molecule has 2 fully saturated rings. The van der Waals surface area contributed by atoms with E-state index in [4.69, 9.17) is 10.5 Å². The molecule has 3 rings (SSSR count). The molecule has 2 aliphatic rings. The van der Waals surface area contributed by atoms with Gasteiger partial charge in [-0.15, -0.1) is 0 Å². The van der Waals surface area contributed by atoms with Gasteiger partial charge < -0.3 is 25.2 Å². The molecule has 0 radical (unpaired) electrons. The summed E-state index contributed by atoms with van der Waals surface area (Å²) in [5, 5.41) is 0. The molecule has 0 saturated carbocycles. The third kappa shape index (κ3) is 3.44. The minimum atomic E-state index is -0.757. The third-order valence-corrected chi connectivity index (χ3v) is 4.73. The van der Waals surface area contributed by atoms with Crippen molar-refractivity contribution in [1.82, 2.24) is 14.9 Å². The summed E-state index contributed by atoms with van der Waals surface area (Å²) < 4.78 is 5.33. The Balaban J connectivity index is 1.61. The molecule has 2 aliphatic heterocycles. The number of carbonyl (C=O) groups excluding carboxylic acids is 1. The van der Waals surface area contributed by atoms with Gasteiger partial charge in [0.15, 0.2) is 0 Å². The minimum absolute atomic E-state index is 0.0575. The first kappa shape index (κ1) is 16.9. The van der Waals surface area contributed by atoms with Crippen LogP contribution in [0.25, 0.3) is 0 Å². The first-order chi connectivity index (χ1) is 11.5. The zero-order valence-corrected chi connectivity index (χ0v) is 14.4. The number of anilines is 2. The van der Waals surface area contributed by atoms with Gasteiger partial charge in [-0.2, -0.15) is 4.98 Å². The molecule has 1 aromatic rings. The summed E-state index contributed by atoms with van der Waals surface area (Å²) in [5.41, 5.74) is 5.56. The second-order valence-corrected chi connectivity index (χ2v) is 6.66. The van der Waals surface area contributed by atoms with Gasteiger partial charge in [0.05, 0.1) is 5.54 Å². The van der Waals surface area contributed by atoms with Crippen molar-refractivity contribution >= 4 is 17.7 Å². The number of aromatic nitrogens is 2. The van der Waals surface area contributed by atoms with E-state index in [0.717, 1.165) is 18.9 Å². The van der Waals surface area contributed by atoms with Crippen LogP contribution in [0.2, 0.25) is 0 Å². The quantitative estimate of drug-likeness (QED) is 0.812. The van der Waals surface area contributed by atoms with E-state index in [2.05, 4.69) is 14.9 Å². The van der Waals surface area contributed by atoms with Crippen LogP contribution in [0, 0.1) is 0 Å². The topological polar surface area (TPSA) is 87.8 Å². The van der Waals surface area contributed by atoms with Crippen LogP contribution in [0.1, 0.15) is 12.8 Å². The highest BCUT2D eigenvalue weighted by atomic mass is 16.5. The zero-order valence-electron chi connectivity index (χ0n) is 14.4. The predicted octanol–water partition coefficient (Wildman–Crippen LogP) is -0.301. The van der Waals surface area contributed by atoms with E-state index < -0.39 is 5.54 Å². The smallest absolute Gasteiger partial charge is 0.242 e. The number of piperazine rings is 1. The lowest BCUT2D eigenvalue weighted by Gasteiger charge is -2.41. The largest absolute Gasteiger partial charge is 0.381 e. The minimum Gasteiger partial charge on any atom is -0.381 e. The molecule has 132 valence electrons. The Morgan fingerprint density at radius 2 is 1.92 bits per heavy atom. The van der Waals surface area contributed by atoms with Gasteiger partial charge in [-0.1, -0.05) is 0 Å². The fourth-order valence-corrected chi connectivity index (χ4v) is 3.13. The fourth-order valence-electron chi connectivity index (χ4n) is 3.13. The van der Waals surface area contributed by atoms with Crippen LogP contribution in [-0.4, -0.2) is 79.8 Å². The first-order valence-electron chi connectivity index (χ1n) is 8.41. The lowest BCUT2D eigenvalue weighted by atomic mass is 9.89. The maximum Gasteiger partial charge on any atom is 0.242 e. The van der Waals surface area contributed by atoms with Crippen molar-refractivity contribution < 1.29 is 9.53 Å². The molecule has 0 atom stereocenters. The maximum atomic E-state index is 12.8. The summed E-state index contributed by atoms with van der Waals surface area (Å²) in [5.74, 6) is 1.64. The molecule has 0 spiro atoms. The lowest BCUT2D eigenvalue weighted by Crippen LogP contribution is -2.61. The Morgan fingerprint density at radius 1 is 1.25 bits per heavy atom. The standard InChI is InChI=1S/C16H26N6O2/c1-20(2)15-18-6-3-13(19-15)21-7-9-22(10-8-21)14(23)16(17)4-11-24-12-5-16/h3,6H,4-5,7-12,17H2,1-2H3. The molecule has 0 aliphatic carbocycles. The summed E-state index contributed by atoms with van der Waals surface area (Å²) in [6.07, 6.45) is 2.97. The summed E-state index contributed by atoms with van der Waals surface area (Å²) in [6, 6.07) is 1.91. The second-order valence-electron chi connectivity index (χ2n) is 6.66. The van der Waals surface area contributed by atoms with Crippen molar-refractivity contribution in [3.63, 3.8) is 0 Å². The summed E-state index contributed by atoms with van der Waals surface area (Å²) in [4.78, 5) is 27.5. The molecule has 3 heterocycles. The van der Waals surface area contributed by atoms with Crippen molar-refractivity contribution in [2.24, 2.45) is 5.73 Å². The Bertz CT molecular complexity index is 580. The van der Waals surface area contributed by atoms with Crippen LogP contribution in [0.5, 0.6) is 0 Å². The number of nitrogens with two attached hydrogens (primary N) is 1. The van der Waals surface area contributed by atoms with Gasteiger partial charge in [-0.25, -0.2) is 4.98 Å². The predicted molar refractivity (Wildman–Crippen MR) is 92.1 cm³/mol. The van der Waals surface area contributed by atoms with Crippen LogP contribution in [0.15, 0.2) is 12.3 Å². The first-order valence-corrected chi connectivity index (χ1v) is 8.41. The van der Waals surface area contributed by atoms with Gasteiger partial charge in [0.25, 0.3) is 0 Å². The Kier molecular flexibility index (Phi) is 4.86. The average molecular weight is 334 g/mol.